The summed E-state index contributed by atoms with van der Waals surface area (Å²) in [6, 6.07) is 12.7. The van der Waals surface area contributed by atoms with Crippen LogP contribution in [0, 0.1) is 5.82 Å². The number of amides is 2. The van der Waals surface area contributed by atoms with Crippen LogP contribution in [0.25, 0.3) is 0 Å². The summed E-state index contributed by atoms with van der Waals surface area (Å²) in [7, 11) is 0. The van der Waals surface area contributed by atoms with Crippen LogP contribution >= 0.6 is 0 Å². The van der Waals surface area contributed by atoms with E-state index in [-0.39, 0.29) is 24.1 Å². The van der Waals surface area contributed by atoms with E-state index in [1.807, 2.05) is 0 Å². The minimum Gasteiger partial charge on any atom is -0.326 e. The maximum Gasteiger partial charge on any atom is 0.228 e. The molecule has 108 valence electrons. The SMILES string of the molecule is CC(=O)Nc1cccc(NC(=O)Cc2cccc(F)c2)c1. The Morgan fingerprint density at radius 3 is 2.33 bits per heavy atom. The molecular formula is C16H15FN2O2. The molecule has 0 aliphatic heterocycles. The molecule has 0 spiro atoms. The fourth-order valence-corrected chi connectivity index (χ4v) is 1.92. The fourth-order valence-electron chi connectivity index (χ4n) is 1.92. The van der Waals surface area contributed by atoms with Crippen molar-refractivity contribution in [2.45, 2.75) is 13.3 Å². The van der Waals surface area contributed by atoms with Crippen LogP contribution in [0.2, 0.25) is 0 Å². The first kappa shape index (κ1) is 14.7. The molecule has 5 heteroatoms. The van der Waals surface area contributed by atoms with Gasteiger partial charge in [0.2, 0.25) is 11.8 Å². The van der Waals surface area contributed by atoms with Crippen molar-refractivity contribution in [2.75, 3.05) is 10.6 Å². The summed E-state index contributed by atoms with van der Waals surface area (Å²) in [5.41, 5.74) is 1.78. The smallest absolute Gasteiger partial charge is 0.228 e. The van der Waals surface area contributed by atoms with E-state index in [9.17, 15) is 14.0 Å². The molecule has 0 fully saturated rings. The van der Waals surface area contributed by atoms with Gasteiger partial charge in [-0.2, -0.15) is 0 Å². The minimum absolute atomic E-state index is 0.0854. The van der Waals surface area contributed by atoms with Gasteiger partial charge in [0.1, 0.15) is 5.82 Å². The first-order valence-corrected chi connectivity index (χ1v) is 6.45. The molecule has 0 aromatic heterocycles. The maximum atomic E-state index is 13.0. The van der Waals surface area contributed by atoms with Gasteiger partial charge in [-0.05, 0) is 35.9 Å². The number of benzene rings is 2. The molecule has 2 aromatic carbocycles. The summed E-state index contributed by atoms with van der Waals surface area (Å²) < 4.78 is 13.0. The molecule has 2 aromatic rings. The van der Waals surface area contributed by atoms with Crippen LogP contribution in [0.15, 0.2) is 48.5 Å². The molecule has 0 saturated heterocycles. The minimum atomic E-state index is -0.368. The summed E-state index contributed by atoms with van der Waals surface area (Å²) in [4.78, 5) is 22.9. The first-order chi connectivity index (χ1) is 10.0. The van der Waals surface area contributed by atoms with E-state index in [0.717, 1.165) is 0 Å². The third-order valence-corrected chi connectivity index (χ3v) is 2.72. The van der Waals surface area contributed by atoms with Crippen molar-refractivity contribution in [3.63, 3.8) is 0 Å². The molecule has 0 radical (unpaired) electrons. The van der Waals surface area contributed by atoms with Gasteiger partial charge in [-0.25, -0.2) is 4.39 Å². The molecular weight excluding hydrogens is 271 g/mol. The molecule has 4 nitrogen and oxygen atoms in total. The van der Waals surface area contributed by atoms with E-state index >= 15 is 0 Å². The second-order valence-corrected chi connectivity index (χ2v) is 4.62. The summed E-state index contributed by atoms with van der Waals surface area (Å²) in [5, 5.41) is 5.35. The lowest BCUT2D eigenvalue weighted by Gasteiger charge is -2.08. The van der Waals surface area contributed by atoms with Crippen LogP contribution in [-0.4, -0.2) is 11.8 Å². The highest BCUT2D eigenvalue weighted by Gasteiger charge is 2.06. The monoisotopic (exact) mass is 286 g/mol. The molecule has 0 atom stereocenters. The van der Waals surface area contributed by atoms with Crippen molar-refractivity contribution < 1.29 is 14.0 Å². The number of hydrogen-bond donors (Lipinski definition) is 2. The lowest BCUT2D eigenvalue weighted by Crippen LogP contribution is -2.14. The second kappa shape index (κ2) is 6.65. The fraction of sp³-hybridized carbons (Fsp3) is 0.125. The van der Waals surface area contributed by atoms with Crippen molar-refractivity contribution >= 4 is 23.2 Å². The zero-order chi connectivity index (χ0) is 15.2. The van der Waals surface area contributed by atoms with Gasteiger partial charge in [0.05, 0.1) is 6.42 Å². The van der Waals surface area contributed by atoms with Crippen molar-refractivity contribution in [3.05, 3.63) is 59.9 Å². The molecule has 0 heterocycles. The highest BCUT2D eigenvalue weighted by molar-refractivity contribution is 5.94. The standard InChI is InChI=1S/C16H15FN2O2/c1-11(20)18-14-6-3-7-15(10-14)19-16(21)9-12-4-2-5-13(17)8-12/h2-8,10H,9H2,1H3,(H,18,20)(H,19,21). The Labute approximate surface area is 122 Å². The largest absolute Gasteiger partial charge is 0.326 e. The van der Waals surface area contributed by atoms with Gasteiger partial charge in [0.15, 0.2) is 0 Å². The lowest BCUT2D eigenvalue weighted by atomic mass is 10.1. The topological polar surface area (TPSA) is 58.2 Å². The normalized spacial score (nSPS) is 10.0. The molecule has 0 aliphatic carbocycles. The summed E-state index contributed by atoms with van der Waals surface area (Å²) in [5.74, 6) is -0.799. The number of hydrogen-bond acceptors (Lipinski definition) is 2. The molecule has 0 unspecified atom stereocenters. The van der Waals surface area contributed by atoms with Crippen LogP contribution < -0.4 is 10.6 Å². The zero-order valence-electron chi connectivity index (χ0n) is 11.5. The van der Waals surface area contributed by atoms with Crippen molar-refractivity contribution in [1.82, 2.24) is 0 Å². The van der Waals surface area contributed by atoms with Gasteiger partial charge < -0.3 is 10.6 Å². The molecule has 2 rings (SSSR count). The Bertz CT molecular complexity index is 671. The Balaban J connectivity index is 2.01. The zero-order valence-corrected chi connectivity index (χ0v) is 11.5. The van der Waals surface area contributed by atoms with E-state index in [1.165, 1.54) is 19.1 Å². The first-order valence-electron chi connectivity index (χ1n) is 6.45. The third-order valence-electron chi connectivity index (χ3n) is 2.72. The van der Waals surface area contributed by atoms with E-state index in [0.29, 0.717) is 16.9 Å². The molecule has 2 N–H and O–H groups in total. The van der Waals surface area contributed by atoms with Crippen LogP contribution in [0.5, 0.6) is 0 Å². The molecule has 0 aliphatic rings. The quantitative estimate of drug-likeness (QED) is 0.907. The van der Waals surface area contributed by atoms with Crippen molar-refractivity contribution in [3.8, 4) is 0 Å². The Morgan fingerprint density at radius 2 is 1.67 bits per heavy atom. The van der Waals surface area contributed by atoms with Crippen LogP contribution in [-0.2, 0) is 16.0 Å². The maximum absolute atomic E-state index is 13.0. The van der Waals surface area contributed by atoms with Gasteiger partial charge >= 0.3 is 0 Å². The van der Waals surface area contributed by atoms with Gasteiger partial charge in [-0.3, -0.25) is 9.59 Å². The predicted molar refractivity (Wildman–Crippen MR) is 79.5 cm³/mol. The number of anilines is 2. The summed E-state index contributed by atoms with van der Waals surface area (Å²) >= 11 is 0. The van der Waals surface area contributed by atoms with E-state index in [2.05, 4.69) is 10.6 Å². The van der Waals surface area contributed by atoms with Crippen LogP contribution in [0.4, 0.5) is 15.8 Å². The average Bonchev–Trinajstić information content (AvgIpc) is 2.37. The average molecular weight is 286 g/mol. The number of carbonyl (C=O) groups is 2. The highest BCUT2D eigenvalue weighted by atomic mass is 19.1. The van der Waals surface area contributed by atoms with Gasteiger partial charge in [-0.1, -0.05) is 18.2 Å². The van der Waals surface area contributed by atoms with Crippen LogP contribution in [0.1, 0.15) is 12.5 Å². The molecule has 21 heavy (non-hydrogen) atoms. The number of rotatable bonds is 4. The number of carbonyl (C=O) groups excluding carboxylic acids is 2. The predicted octanol–water partition coefficient (Wildman–Crippen LogP) is 2.97. The summed E-state index contributed by atoms with van der Waals surface area (Å²) in [6.45, 7) is 1.41. The Kier molecular flexibility index (Phi) is 4.66. The van der Waals surface area contributed by atoms with E-state index < -0.39 is 0 Å². The van der Waals surface area contributed by atoms with E-state index in [1.54, 1.807) is 36.4 Å². The van der Waals surface area contributed by atoms with Gasteiger partial charge in [0.25, 0.3) is 0 Å². The Hall–Kier alpha value is -2.69. The van der Waals surface area contributed by atoms with Crippen LogP contribution in [0.3, 0.4) is 0 Å². The van der Waals surface area contributed by atoms with Gasteiger partial charge in [0, 0.05) is 18.3 Å². The lowest BCUT2D eigenvalue weighted by molar-refractivity contribution is -0.115. The second-order valence-electron chi connectivity index (χ2n) is 4.62. The molecule has 0 bridgehead atoms. The summed E-state index contributed by atoms with van der Waals surface area (Å²) in [6.07, 6.45) is 0.0854. The molecule has 0 saturated carbocycles. The van der Waals surface area contributed by atoms with Crippen molar-refractivity contribution in [1.29, 1.82) is 0 Å². The third kappa shape index (κ3) is 4.72. The molecule has 2 amide bonds. The number of halogens is 1. The van der Waals surface area contributed by atoms with Gasteiger partial charge in [-0.15, -0.1) is 0 Å². The van der Waals surface area contributed by atoms with Crippen molar-refractivity contribution in [2.24, 2.45) is 0 Å². The Morgan fingerprint density at radius 1 is 1.00 bits per heavy atom. The van der Waals surface area contributed by atoms with E-state index in [4.69, 9.17) is 0 Å². The number of nitrogens with one attached hydrogen (secondary N) is 2. The highest BCUT2D eigenvalue weighted by Crippen LogP contribution is 2.15.